The molecule has 0 unspecified atom stereocenters. The maximum atomic E-state index is 13.0. The summed E-state index contributed by atoms with van der Waals surface area (Å²) in [6.07, 6.45) is 5.00. The topological polar surface area (TPSA) is 114 Å². The number of hydrogen-bond donors (Lipinski definition) is 1. The van der Waals surface area contributed by atoms with Crippen molar-refractivity contribution in [2.75, 3.05) is 33.4 Å². The largest absolute Gasteiger partial charge is 0.385 e. The van der Waals surface area contributed by atoms with Crippen LogP contribution in [0.2, 0.25) is 0 Å². The summed E-state index contributed by atoms with van der Waals surface area (Å²) < 4.78 is 6.57. The quantitative estimate of drug-likeness (QED) is 0.496. The van der Waals surface area contributed by atoms with Crippen molar-refractivity contribution in [2.45, 2.75) is 25.3 Å². The van der Waals surface area contributed by atoms with Crippen molar-refractivity contribution in [2.24, 2.45) is 7.05 Å². The van der Waals surface area contributed by atoms with Crippen molar-refractivity contribution < 1.29 is 23.9 Å². The molecule has 2 aliphatic heterocycles. The zero-order valence-electron chi connectivity index (χ0n) is 18.7. The molecule has 1 fully saturated rings. The van der Waals surface area contributed by atoms with Crippen LogP contribution < -0.4 is 5.32 Å². The lowest BCUT2D eigenvalue weighted by Gasteiger charge is -2.32. The van der Waals surface area contributed by atoms with E-state index in [-0.39, 0.29) is 41.8 Å². The van der Waals surface area contributed by atoms with Crippen LogP contribution in [0.5, 0.6) is 0 Å². The molecule has 33 heavy (non-hydrogen) atoms. The Balaban J connectivity index is 1.36. The average Bonchev–Trinajstić information content (AvgIpc) is 3.36. The zero-order valence-corrected chi connectivity index (χ0v) is 18.7. The van der Waals surface area contributed by atoms with Gasteiger partial charge in [-0.1, -0.05) is 0 Å². The summed E-state index contributed by atoms with van der Waals surface area (Å²) in [4.78, 5) is 53.5. The fraction of sp³-hybridized carbons (Fsp3) is 0.435. The molecule has 1 aromatic heterocycles. The molecule has 1 N–H and O–H groups in total. The summed E-state index contributed by atoms with van der Waals surface area (Å²) in [5, 5.41) is 7.00. The van der Waals surface area contributed by atoms with Gasteiger partial charge in [-0.05, 0) is 37.5 Å². The lowest BCUT2D eigenvalue weighted by Crippen LogP contribution is -2.46. The van der Waals surface area contributed by atoms with Gasteiger partial charge in [0.1, 0.15) is 0 Å². The van der Waals surface area contributed by atoms with Gasteiger partial charge in [-0.25, -0.2) is 0 Å². The van der Waals surface area contributed by atoms with E-state index in [0.29, 0.717) is 55.6 Å². The molecular formula is C23H27N5O5. The molecule has 10 nitrogen and oxygen atoms in total. The molecule has 2 aromatic rings. The Morgan fingerprint density at radius 3 is 2.52 bits per heavy atom. The van der Waals surface area contributed by atoms with Crippen LogP contribution in [0.1, 0.15) is 60.7 Å². The number of piperidine rings is 1. The number of methoxy groups -OCH3 is 1. The minimum absolute atomic E-state index is 0.0263. The smallest absolute Gasteiger partial charge is 0.261 e. The number of likely N-dealkylation sites (tertiary alicyclic amines) is 1. The van der Waals surface area contributed by atoms with Crippen LogP contribution in [0, 0.1) is 0 Å². The zero-order chi connectivity index (χ0) is 23.5. The Morgan fingerprint density at radius 2 is 1.85 bits per heavy atom. The predicted molar refractivity (Wildman–Crippen MR) is 118 cm³/mol. The summed E-state index contributed by atoms with van der Waals surface area (Å²) in [7, 11) is 3.32. The van der Waals surface area contributed by atoms with Gasteiger partial charge in [-0.15, -0.1) is 0 Å². The Kier molecular flexibility index (Phi) is 6.55. The first-order chi connectivity index (χ1) is 15.9. The van der Waals surface area contributed by atoms with Crippen LogP contribution in [0.4, 0.5) is 0 Å². The van der Waals surface area contributed by atoms with Crippen LogP contribution in [0.15, 0.2) is 30.6 Å². The van der Waals surface area contributed by atoms with Gasteiger partial charge in [0, 0.05) is 58.2 Å². The van der Waals surface area contributed by atoms with Gasteiger partial charge < -0.3 is 15.0 Å². The van der Waals surface area contributed by atoms with Gasteiger partial charge in [0.15, 0.2) is 0 Å². The standard InChI is InChI=1S/C23H27N5O5/c1-26-14-16(13-24-26)20(29)25-17-6-9-27(10-7-17)21(30)15-4-5-18-19(12-15)23(32)28(22(18)31)8-3-11-33-2/h4-5,12-14,17H,3,6-11H2,1-2H3,(H,25,29). The molecule has 4 amide bonds. The predicted octanol–water partition coefficient (Wildman–Crippen LogP) is 1.09. The number of ether oxygens (including phenoxy) is 1. The highest BCUT2D eigenvalue weighted by Gasteiger charge is 2.36. The Labute approximate surface area is 191 Å². The van der Waals surface area contributed by atoms with Crippen LogP contribution in [-0.4, -0.2) is 82.6 Å². The van der Waals surface area contributed by atoms with E-state index in [2.05, 4.69) is 10.4 Å². The lowest BCUT2D eigenvalue weighted by molar-refractivity contribution is 0.0637. The fourth-order valence-corrected chi connectivity index (χ4v) is 4.21. The molecule has 2 aliphatic rings. The van der Waals surface area contributed by atoms with Crippen molar-refractivity contribution in [1.82, 2.24) is 24.9 Å². The van der Waals surface area contributed by atoms with Crippen molar-refractivity contribution in [3.8, 4) is 0 Å². The molecule has 3 heterocycles. The summed E-state index contributed by atoms with van der Waals surface area (Å²) in [5.41, 5.74) is 1.48. The highest BCUT2D eigenvalue weighted by molar-refractivity contribution is 6.22. The van der Waals surface area contributed by atoms with Gasteiger partial charge in [0.05, 0.1) is 22.9 Å². The highest BCUT2D eigenvalue weighted by atomic mass is 16.5. The number of nitrogens with one attached hydrogen (secondary N) is 1. The van der Waals surface area contributed by atoms with Crippen LogP contribution in [-0.2, 0) is 11.8 Å². The average molecular weight is 453 g/mol. The summed E-state index contributed by atoms with van der Waals surface area (Å²) in [6, 6.07) is 4.65. The molecule has 4 rings (SSSR count). The van der Waals surface area contributed by atoms with E-state index in [1.54, 1.807) is 42.1 Å². The second-order valence-corrected chi connectivity index (χ2v) is 8.31. The van der Waals surface area contributed by atoms with E-state index in [1.165, 1.54) is 17.2 Å². The number of benzene rings is 1. The maximum absolute atomic E-state index is 13.0. The van der Waals surface area contributed by atoms with Crippen LogP contribution >= 0.6 is 0 Å². The van der Waals surface area contributed by atoms with Crippen LogP contribution in [0.25, 0.3) is 0 Å². The third kappa shape index (κ3) is 4.65. The Bertz CT molecular complexity index is 1090. The Hall–Kier alpha value is -3.53. The van der Waals surface area contributed by atoms with Gasteiger partial charge in [-0.2, -0.15) is 5.10 Å². The highest BCUT2D eigenvalue weighted by Crippen LogP contribution is 2.25. The van der Waals surface area contributed by atoms with E-state index in [4.69, 9.17) is 4.74 Å². The first kappa shape index (κ1) is 22.7. The molecule has 0 radical (unpaired) electrons. The number of carbonyl (C=O) groups excluding carboxylic acids is 4. The third-order valence-corrected chi connectivity index (χ3v) is 6.03. The number of amides is 4. The molecular weight excluding hydrogens is 426 g/mol. The van der Waals surface area contributed by atoms with E-state index in [0.717, 1.165) is 0 Å². The van der Waals surface area contributed by atoms with Gasteiger partial charge in [0.2, 0.25) is 0 Å². The molecule has 0 spiro atoms. The van der Waals surface area contributed by atoms with E-state index in [9.17, 15) is 19.2 Å². The minimum atomic E-state index is -0.377. The van der Waals surface area contributed by atoms with Crippen molar-refractivity contribution in [3.05, 3.63) is 52.8 Å². The number of fused-ring (bicyclic) bond motifs is 1. The number of aromatic nitrogens is 2. The molecule has 0 aliphatic carbocycles. The van der Waals surface area contributed by atoms with Crippen molar-refractivity contribution in [1.29, 1.82) is 0 Å². The van der Waals surface area contributed by atoms with E-state index in [1.807, 2.05) is 0 Å². The molecule has 0 saturated carbocycles. The lowest BCUT2D eigenvalue weighted by atomic mass is 10.0. The van der Waals surface area contributed by atoms with Crippen LogP contribution in [0.3, 0.4) is 0 Å². The second-order valence-electron chi connectivity index (χ2n) is 8.31. The molecule has 1 aromatic carbocycles. The molecule has 10 heteroatoms. The first-order valence-corrected chi connectivity index (χ1v) is 11.0. The number of imide groups is 1. The fourth-order valence-electron chi connectivity index (χ4n) is 4.21. The number of hydrogen-bond acceptors (Lipinski definition) is 6. The molecule has 0 atom stereocenters. The number of carbonyl (C=O) groups is 4. The number of nitrogens with zero attached hydrogens (tertiary/aromatic N) is 4. The van der Waals surface area contributed by atoms with Gasteiger partial charge >= 0.3 is 0 Å². The monoisotopic (exact) mass is 453 g/mol. The summed E-state index contributed by atoms with van der Waals surface area (Å²) in [5.74, 6) is -1.08. The number of aryl methyl sites for hydroxylation is 1. The maximum Gasteiger partial charge on any atom is 0.261 e. The van der Waals surface area contributed by atoms with Gasteiger partial charge in [-0.3, -0.25) is 28.8 Å². The van der Waals surface area contributed by atoms with Gasteiger partial charge in [0.25, 0.3) is 23.6 Å². The van der Waals surface area contributed by atoms with E-state index >= 15 is 0 Å². The summed E-state index contributed by atoms with van der Waals surface area (Å²) >= 11 is 0. The van der Waals surface area contributed by atoms with Crippen molar-refractivity contribution >= 4 is 23.6 Å². The molecule has 0 bridgehead atoms. The SMILES string of the molecule is COCCCN1C(=O)c2ccc(C(=O)N3CCC(NC(=O)c4cnn(C)c4)CC3)cc2C1=O. The first-order valence-electron chi connectivity index (χ1n) is 11.0. The minimum Gasteiger partial charge on any atom is -0.385 e. The summed E-state index contributed by atoms with van der Waals surface area (Å²) in [6.45, 7) is 1.71. The third-order valence-electron chi connectivity index (χ3n) is 6.03. The van der Waals surface area contributed by atoms with Crippen molar-refractivity contribution in [3.63, 3.8) is 0 Å². The Morgan fingerprint density at radius 1 is 1.12 bits per heavy atom. The molecule has 1 saturated heterocycles. The normalized spacial score (nSPS) is 16.3. The number of rotatable bonds is 7. The van der Waals surface area contributed by atoms with E-state index < -0.39 is 0 Å². The second kappa shape index (κ2) is 9.53. The molecule has 174 valence electrons.